The number of hydrogen-bond donors (Lipinski definition) is 1. The van der Waals surface area contributed by atoms with E-state index in [4.69, 9.17) is 0 Å². The van der Waals surface area contributed by atoms with Gasteiger partial charge in [0, 0.05) is 19.1 Å². The van der Waals surface area contributed by atoms with Crippen LogP contribution in [-0.2, 0) is 0 Å². The molecule has 0 aliphatic carbocycles. The molecule has 3 nitrogen and oxygen atoms in total. The SMILES string of the molecule is O=C(c1cc(Br)sc1Br)N1CCCC(C2CCCN2)C1. The van der Waals surface area contributed by atoms with Gasteiger partial charge < -0.3 is 10.2 Å². The van der Waals surface area contributed by atoms with Crippen molar-refractivity contribution in [2.24, 2.45) is 5.92 Å². The minimum absolute atomic E-state index is 0.168. The number of nitrogens with one attached hydrogen (secondary N) is 1. The van der Waals surface area contributed by atoms with Gasteiger partial charge in [0.05, 0.1) is 13.1 Å². The third kappa shape index (κ3) is 3.13. The third-order valence-electron chi connectivity index (χ3n) is 4.30. The summed E-state index contributed by atoms with van der Waals surface area (Å²) >= 11 is 8.50. The van der Waals surface area contributed by atoms with Gasteiger partial charge in [-0.25, -0.2) is 0 Å². The molecule has 2 saturated heterocycles. The van der Waals surface area contributed by atoms with E-state index >= 15 is 0 Å². The van der Waals surface area contributed by atoms with Crippen molar-refractivity contribution >= 4 is 49.1 Å². The number of amides is 1. The monoisotopic (exact) mass is 420 g/mol. The zero-order chi connectivity index (χ0) is 14.1. The van der Waals surface area contributed by atoms with Crippen molar-refractivity contribution in [1.29, 1.82) is 0 Å². The van der Waals surface area contributed by atoms with Crippen LogP contribution in [0.2, 0.25) is 0 Å². The van der Waals surface area contributed by atoms with Gasteiger partial charge in [-0.3, -0.25) is 4.79 Å². The van der Waals surface area contributed by atoms with Gasteiger partial charge in [-0.05, 0) is 76.1 Å². The lowest BCUT2D eigenvalue weighted by Gasteiger charge is -2.35. The number of rotatable bonds is 2. The number of likely N-dealkylation sites (tertiary alicyclic amines) is 1. The summed E-state index contributed by atoms with van der Waals surface area (Å²) in [6.45, 7) is 2.93. The fourth-order valence-corrected chi connectivity index (χ4v) is 6.07. The van der Waals surface area contributed by atoms with Crippen LogP contribution in [0.5, 0.6) is 0 Å². The minimum atomic E-state index is 0.168. The average molecular weight is 422 g/mol. The molecule has 20 heavy (non-hydrogen) atoms. The topological polar surface area (TPSA) is 32.3 Å². The number of hydrogen-bond acceptors (Lipinski definition) is 3. The smallest absolute Gasteiger partial charge is 0.255 e. The van der Waals surface area contributed by atoms with Gasteiger partial charge in [0.2, 0.25) is 0 Å². The number of carbonyl (C=O) groups excluding carboxylic acids is 1. The summed E-state index contributed by atoms with van der Waals surface area (Å²) in [6.07, 6.45) is 4.91. The normalized spacial score (nSPS) is 27.0. The Kier molecular flexibility index (Phi) is 4.85. The number of halogens is 2. The maximum atomic E-state index is 12.7. The fourth-order valence-electron chi connectivity index (χ4n) is 3.29. The zero-order valence-corrected chi connectivity index (χ0v) is 15.2. The highest BCUT2D eigenvalue weighted by atomic mass is 79.9. The van der Waals surface area contributed by atoms with Crippen molar-refractivity contribution in [3.63, 3.8) is 0 Å². The van der Waals surface area contributed by atoms with Crippen LogP contribution >= 0.6 is 43.2 Å². The summed E-state index contributed by atoms with van der Waals surface area (Å²) in [5, 5.41) is 3.59. The number of carbonyl (C=O) groups is 1. The molecular weight excluding hydrogens is 404 g/mol. The molecule has 2 aliphatic rings. The Morgan fingerprint density at radius 2 is 2.20 bits per heavy atom. The average Bonchev–Trinajstić information content (AvgIpc) is 3.08. The van der Waals surface area contributed by atoms with E-state index in [0.717, 1.165) is 39.2 Å². The predicted octanol–water partition coefficient (Wildman–Crippen LogP) is 3.88. The first-order valence-electron chi connectivity index (χ1n) is 7.12. The highest BCUT2D eigenvalue weighted by Gasteiger charge is 2.32. The second-order valence-electron chi connectivity index (χ2n) is 5.59. The lowest BCUT2D eigenvalue weighted by Crippen LogP contribution is -2.45. The molecule has 3 heterocycles. The molecule has 0 saturated carbocycles. The van der Waals surface area contributed by atoms with Crippen LogP contribution in [0.3, 0.4) is 0 Å². The largest absolute Gasteiger partial charge is 0.338 e. The Hall–Kier alpha value is 0.0900. The van der Waals surface area contributed by atoms with E-state index in [1.807, 2.05) is 11.0 Å². The van der Waals surface area contributed by atoms with Crippen LogP contribution in [0.1, 0.15) is 36.0 Å². The Morgan fingerprint density at radius 1 is 1.35 bits per heavy atom. The second kappa shape index (κ2) is 6.46. The van der Waals surface area contributed by atoms with E-state index in [1.165, 1.54) is 19.3 Å². The second-order valence-corrected chi connectivity index (χ2v) is 9.34. The molecule has 1 aromatic rings. The van der Waals surface area contributed by atoms with Crippen LogP contribution in [0.15, 0.2) is 13.6 Å². The van der Waals surface area contributed by atoms with Gasteiger partial charge in [0.1, 0.15) is 0 Å². The molecular formula is C14H18Br2N2OS. The van der Waals surface area contributed by atoms with Crippen LogP contribution < -0.4 is 5.32 Å². The zero-order valence-electron chi connectivity index (χ0n) is 11.2. The summed E-state index contributed by atoms with van der Waals surface area (Å²) < 4.78 is 1.93. The molecule has 1 amide bonds. The van der Waals surface area contributed by atoms with Crippen molar-refractivity contribution in [2.75, 3.05) is 19.6 Å². The third-order valence-corrected chi connectivity index (χ3v) is 6.64. The van der Waals surface area contributed by atoms with Gasteiger partial charge in [-0.2, -0.15) is 0 Å². The lowest BCUT2D eigenvalue weighted by molar-refractivity contribution is 0.0651. The minimum Gasteiger partial charge on any atom is -0.338 e. The molecule has 2 atom stereocenters. The molecule has 2 fully saturated rings. The summed E-state index contributed by atoms with van der Waals surface area (Å²) in [7, 11) is 0. The summed E-state index contributed by atoms with van der Waals surface area (Å²) in [4.78, 5) is 14.7. The molecule has 3 rings (SSSR count). The summed E-state index contributed by atoms with van der Waals surface area (Å²) in [6, 6.07) is 2.54. The molecule has 0 radical (unpaired) electrons. The first-order chi connectivity index (χ1) is 9.65. The molecule has 2 unspecified atom stereocenters. The van der Waals surface area contributed by atoms with Gasteiger partial charge in [-0.15, -0.1) is 11.3 Å². The molecule has 0 aromatic carbocycles. The Morgan fingerprint density at radius 3 is 2.85 bits per heavy atom. The van der Waals surface area contributed by atoms with Gasteiger partial charge in [0.25, 0.3) is 5.91 Å². The van der Waals surface area contributed by atoms with Crippen molar-refractivity contribution < 1.29 is 4.79 Å². The van der Waals surface area contributed by atoms with Crippen LogP contribution in [0, 0.1) is 5.92 Å². The molecule has 1 aromatic heterocycles. The molecule has 6 heteroatoms. The van der Waals surface area contributed by atoms with Crippen molar-refractivity contribution in [3.05, 3.63) is 19.2 Å². The summed E-state index contributed by atoms with van der Waals surface area (Å²) in [5.41, 5.74) is 0.793. The quantitative estimate of drug-likeness (QED) is 0.785. The fraction of sp³-hybridized carbons (Fsp3) is 0.643. The van der Waals surface area contributed by atoms with E-state index < -0.39 is 0 Å². The van der Waals surface area contributed by atoms with Crippen molar-refractivity contribution in [3.8, 4) is 0 Å². The van der Waals surface area contributed by atoms with Gasteiger partial charge in [0.15, 0.2) is 0 Å². The Labute approximate surface area is 140 Å². The number of thiophene rings is 1. The maximum absolute atomic E-state index is 12.7. The number of nitrogens with zero attached hydrogens (tertiary/aromatic N) is 1. The lowest BCUT2D eigenvalue weighted by atomic mass is 9.89. The van der Waals surface area contributed by atoms with Crippen molar-refractivity contribution in [2.45, 2.75) is 31.7 Å². The van der Waals surface area contributed by atoms with E-state index in [0.29, 0.717) is 12.0 Å². The molecule has 2 aliphatic heterocycles. The molecule has 1 N–H and O–H groups in total. The van der Waals surface area contributed by atoms with Gasteiger partial charge in [-0.1, -0.05) is 0 Å². The maximum Gasteiger partial charge on any atom is 0.255 e. The molecule has 0 spiro atoms. The van der Waals surface area contributed by atoms with Crippen LogP contribution in [0.25, 0.3) is 0 Å². The van der Waals surface area contributed by atoms with Crippen molar-refractivity contribution in [1.82, 2.24) is 10.2 Å². The summed E-state index contributed by atoms with van der Waals surface area (Å²) in [5.74, 6) is 0.789. The van der Waals surface area contributed by atoms with Crippen LogP contribution in [0.4, 0.5) is 0 Å². The predicted molar refractivity (Wildman–Crippen MR) is 89.4 cm³/mol. The first kappa shape index (κ1) is 15.0. The number of piperidine rings is 1. The Balaban J connectivity index is 1.70. The van der Waals surface area contributed by atoms with E-state index in [2.05, 4.69) is 37.2 Å². The van der Waals surface area contributed by atoms with E-state index in [9.17, 15) is 4.79 Å². The van der Waals surface area contributed by atoms with E-state index in [-0.39, 0.29) is 5.91 Å². The van der Waals surface area contributed by atoms with Gasteiger partial charge >= 0.3 is 0 Å². The Bertz CT molecular complexity index is 499. The highest BCUT2D eigenvalue weighted by molar-refractivity contribution is 9.12. The highest BCUT2D eigenvalue weighted by Crippen LogP contribution is 2.34. The van der Waals surface area contributed by atoms with Crippen LogP contribution in [-0.4, -0.2) is 36.5 Å². The molecule has 110 valence electrons. The van der Waals surface area contributed by atoms with E-state index in [1.54, 1.807) is 11.3 Å². The first-order valence-corrected chi connectivity index (χ1v) is 9.53. The standard InChI is InChI=1S/C14H18Br2N2OS/c15-12-7-10(13(16)20-12)14(19)18-6-2-3-9(8-18)11-4-1-5-17-11/h7,9,11,17H,1-6,8H2. The molecule has 0 bridgehead atoms.